The maximum absolute atomic E-state index is 8.28. The van der Waals surface area contributed by atoms with E-state index in [2.05, 4.69) is 12.1 Å². The van der Waals surface area contributed by atoms with Crippen LogP contribution in [0.1, 0.15) is 44.9 Å². The van der Waals surface area contributed by atoms with Crippen LogP contribution in [0.25, 0.3) is 0 Å². The Labute approximate surface area is 75.6 Å². The van der Waals surface area contributed by atoms with Crippen molar-refractivity contribution in [3.63, 3.8) is 0 Å². The largest absolute Gasteiger partial charge is 0.317 e. The van der Waals surface area contributed by atoms with Gasteiger partial charge < -0.3 is 5.21 Å². The molecule has 0 aliphatic carbocycles. The number of allylic oxidation sites excluding steroid dienone is 1. The standard InChI is InChI=1S/C10H21NO/c1-2-3-4-5-6-7-8-9-10-11-12/h2,11-12H,1,3-10H2. The Bertz CT molecular complexity index is 93.8. The zero-order valence-corrected chi connectivity index (χ0v) is 7.89. The molecule has 0 heterocycles. The van der Waals surface area contributed by atoms with Crippen LogP contribution in [-0.4, -0.2) is 11.8 Å². The zero-order chi connectivity index (χ0) is 9.07. The van der Waals surface area contributed by atoms with Crippen molar-refractivity contribution in [1.29, 1.82) is 0 Å². The fraction of sp³-hybridized carbons (Fsp3) is 0.800. The molecule has 0 radical (unpaired) electrons. The molecule has 0 atom stereocenters. The summed E-state index contributed by atoms with van der Waals surface area (Å²) in [5.74, 6) is 0. The monoisotopic (exact) mass is 171 g/mol. The van der Waals surface area contributed by atoms with Crippen LogP contribution in [0.15, 0.2) is 12.7 Å². The van der Waals surface area contributed by atoms with E-state index >= 15 is 0 Å². The molecule has 2 N–H and O–H groups in total. The number of hydrogen-bond acceptors (Lipinski definition) is 2. The zero-order valence-electron chi connectivity index (χ0n) is 7.89. The number of hydroxylamine groups is 1. The number of unbranched alkanes of at least 4 members (excludes halogenated alkanes) is 6. The Morgan fingerprint density at radius 3 is 2.17 bits per heavy atom. The second-order valence-electron chi connectivity index (χ2n) is 3.11. The lowest BCUT2D eigenvalue weighted by Crippen LogP contribution is -2.07. The van der Waals surface area contributed by atoms with Crippen LogP contribution in [0, 0.1) is 0 Å². The fourth-order valence-corrected chi connectivity index (χ4v) is 1.20. The second-order valence-corrected chi connectivity index (χ2v) is 3.11. The summed E-state index contributed by atoms with van der Waals surface area (Å²) in [5, 5.41) is 8.28. The molecular formula is C10H21NO. The first-order chi connectivity index (χ1) is 5.91. The summed E-state index contributed by atoms with van der Waals surface area (Å²) in [5.41, 5.74) is 2.17. The van der Waals surface area contributed by atoms with Crippen molar-refractivity contribution in [3.05, 3.63) is 12.7 Å². The minimum atomic E-state index is 0.729. The van der Waals surface area contributed by atoms with Gasteiger partial charge in [0.15, 0.2) is 0 Å². The van der Waals surface area contributed by atoms with Crippen LogP contribution in [0.4, 0.5) is 0 Å². The number of rotatable bonds is 9. The van der Waals surface area contributed by atoms with Crippen molar-refractivity contribution in [2.45, 2.75) is 44.9 Å². The SMILES string of the molecule is C=CCCCCCCCCNO. The Morgan fingerprint density at radius 1 is 1.00 bits per heavy atom. The average Bonchev–Trinajstić information content (AvgIpc) is 2.10. The summed E-state index contributed by atoms with van der Waals surface area (Å²) in [6.07, 6.45) is 10.6. The summed E-state index contributed by atoms with van der Waals surface area (Å²) in [6, 6.07) is 0. The van der Waals surface area contributed by atoms with Gasteiger partial charge in [0.2, 0.25) is 0 Å². The molecule has 72 valence electrons. The van der Waals surface area contributed by atoms with Gasteiger partial charge in [-0.3, -0.25) is 0 Å². The van der Waals surface area contributed by atoms with E-state index in [1.807, 2.05) is 6.08 Å². The predicted octanol–water partition coefficient (Wildman–Crippen LogP) is 2.88. The van der Waals surface area contributed by atoms with E-state index < -0.39 is 0 Å². The van der Waals surface area contributed by atoms with E-state index in [9.17, 15) is 0 Å². The molecule has 0 unspecified atom stereocenters. The molecule has 2 heteroatoms. The van der Waals surface area contributed by atoms with Gasteiger partial charge in [0.25, 0.3) is 0 Å². The Morgan fingerprint density at radius 2 is 1.58 bits per heavy atom. The van der Waals surface area contributed by atoms with Crippen molar-refractivity contribution in [3.8, 4) is 0 Å². The summed E-state index contributed by atoms with van der Waals surface area (Å²) in [7, 11) is 0. The summed E-state index contributed by atoms with van der Waals surface area (Å²) in [4.78, 5) is 0. The molecule has 0 fully saturated rings. The Kier molecular flexibility index (Phi) is 10.4. The molecule has 0 bridgehead atoms. The van der Waals surface area contributed by atoms with Gasteiger partial charge in [0.1, 0.15) is 0 Å². The topological polar surface area (TPSA) is 32.3 Å². The van der Waals surface area contributed by atoms with Gasteiger partial charge in [-0.1, -0.05) is 31.8 Å². The normalized spacial score (nSPS) is 10.1. The maximum Gasteiger partial charge on any atom is 0.0207 e. The minimum absolute atomic E-state index is 0.729. The van der Waals surface area contributed by atoms with Crippen molar-refractivity contribution in [2.24, 2.45) is 0 Å². The van der Waals surface area contributed by atoms with Crippen LogP contribution in [0.3, 0.4) is 0 Å². The lowest BCUT2D eigenvalue weighted by molar-refractivity contribution is 0.164. The van der Waals surface area contributed by atoms with E-state index in [0.717, 1.165) is 19.4 Å². The molecule has 2 nitrogen and oxygen atoms in total. The van der Waals surface area contributed by atoms with Gasteiger partial charge >= 0.3 is 0 Å². The first-order valence-electron chi connectivity index (χ1n) is 4.89. The lowest BCUT2D eigenvalue weighted by atomic mass is 10.1. The van der Waals surface area contributed by atoms with E-state index in [4.69, 9.17) is 5.21 Å². The molecule has 0 amide bonds. The summed E-state index contributed by atoms with van der Waals surface area (Å²) >= 11 is 0. The van der Waals surface area contributed by atoms with Crippen molar-refractivity contribution in [2.75, 3.05) is 6.54 Å². The number of hydrogen-bond donors (Lipinski definition) is 2. The Balaban J connectivity index is 2.77. The van der Waals surface area contributed by atoms with Crippen LogP contribution < -0.4 is 5.48 Å². The van der Waals surface area contributed by atoms with E-state index in [-0.39, 0.29) is 0 Å². The highest BCUT2D eigenvalue weighted by atomic mass is 16.5. The lowest BCUT2D eigenvalue weighted by Gasteiger charge is -1.99. The third-order valence-electron chi connectivity index (χ3n) is 1.95. The van der Waals surface area contributed by atoms with E-state index in [0.29, 0.717) is 0 Å². The molecule has 0 saturated heterocycles. The average molecular weight is 171 g/mol. The van der Waals surface area contributed by atoms with Gasteiger partial charge in [-0.15, -0.1) is 6.58 Å². The Hall–Kier alpha value is -0.340. The molecular weight excluding hydrogens is 150 g/mol. The molecule has 0 aromatic rings. The van der Waals surface area contributed by atoms with Gasteiger partial charge in [0.05, 0.1) is 0 Å². The fourth-order valence-electron chi connectivity index (χ4n) is 1.20. The van der Waals surface area contributed by atoms with Gasteiger partial charge in [-0.25, -0.2) is 5.48 Å². The molecule has 0 saturated carbocycles. The molecule has 0 aliphatic rings. The summed E-state index contributed by atoms with van der Waals surface area (Å²) < 4.78 is 0. The highest BCUT2D eigenvalue weighted by Crippen LogP contribution is 2.06. The van der Waals surface area contributed by atoms with Crippen molar-refractivity contribution < 1.29 is 5.21 Å². The van der Waals surface area contributed by atoms with Gasteiger partial charge in [-0.2, -0.15) is 0 Å². The second kappa shape index (κ2) is 10.7. The quantitative estimate of drug-likeness (QED) is 0.317. The highest BCUT2D eigenvalue weighted by molar-refractivity contribution is 4.65. The molecule has 0 rings (SSSR count). The maximum atomic E-state index is 8.28. The van der Waals surface area contributed by atoms with Crippen LogP contribution in [-0.2, 0) is 0 Å². The van der Waals surface area contributed by atoms with Crippen LogP contribution in [0.2, 0.25) is 0 Å². The van der Waals surface area contributed by atoms with Crippen molar-refractivity contribution in [1.82, 2.24) is 5.48 Å². The van der Waals surface area contributed by atoms with E-state index in [1.54, 1.807) is 0 Å². The van der Waals surface area contributed by atoms with Gasteiger partial charge in [-0.05, 0) is 19.3 Å². The van der Waals surface area contributed by atoms with Crippen LogP contribution >= 0.6 is 0 Å². The smallest absolute Gasteiger partial charge is 0.0207 e. The van der Waals surface area contributed by atoms with Gasteiger partial charge in [0, 0.05) is 6.54 Å². The number of nitrogens with one attached hydrogen (secondary N) is 1. The molecule has 0 aromatic heterocycles. The van der Waals surface area contributed by atoms with E-state index in [1.165, 1.54) is 32.1 Å². The third-order valence-corrected chi connectivity index (χ3v) is 1.95. The predicted molar refractivity (Wildman–Crippen MR) is 52.3 cm³/mol. The molecule has 0 aliphatic heterocycles. The third kappa shape index (κ3) is 9.66. The van der Waals surface area contributed by atoms with Crippen molar-refractivity contribution >= 4 is 0 Å². The first kappa shape index (κ1) is 11.7. The summed E-state index contributed by atoms with van der Waals surface area (Å²) in [6.45, 7) is 4.41. The highest BCUT2D eigenvalue weighted by Gasteiger charge is 1.89. The molecule has 12 heavy (non-hydrogen) atoms. The molecule has 0 spiro atoms. The van der Waals surface area contributed by atoms with Crippen LogP contribution in [0.5, 0.6) is 0 Å². The first-order valence-corrected chi connectivity index (χ1v) is 4.89. The minimum Gasteiger partial charge on any atom is -0.317 e. The molecule has 0 aromatic carbocycles.